The summed E-state index contributed by atoms with van der Waals surface area (Å²) in [5.74, 6) is 0.175. The summed E-state index contributed by atoms with van der Waals surface area (Å²) < 4.78 is 0. The van der Waals surface area contributed by atoms with Gasteiger partial charge in [0, 0.05) is 24.0 Å². The minimum Gasteiger partial charge on any atom is -0.339 e. The molecule has 6 heteroatoms. The van der Waals surface area contributed by atoms with Gasteiger partial charge in [0.25, 0.3) is 5.91 Å². The Labute approximate surface area is 141 Å². The average molecular weight is 336 g/mol. The van der Waals surface area contributed by atoms with Crippen LogP contribution in [0.3, 0.4) is 0 Å². The molecule has 3 rings (SSSR count). The number of carbonyl (C=O) groups excluding carboxylic acids is 2. The van der Waals surface area contributed by atoms with Crippen LogP contribution in [0.2, 0.25) is 5.02 Å². The second-order valence-corrected chi connectivity index (χ2v) is 6.82. The molecular weight excluding hydrogens is 314 g/mol. The zero-order valence-corrected chi connectivity index (χ0v) is 14.0. The summed E-state index contributed by atoms with van der Waals surface area (Å²) in [5, 5.41) is 6.60. The lowest BCUT2D eigenvalue weighted by atomic mass is 9.88. The predicted octanol–water partition coefficient (Wildman–Crippen LogP) is 2.37. The zero-order valence-electron chi connectivity index (χ0n) is 13.3. The van der Waals surface area contributed by atoms with Gasteiger partial charge in [0.2, 0.25) is 5.91 Å². The number of halogens is 1. The Morgan fingerprint density at radius 3 is 2.61 bits per heavy atom. The summed E-state index contributed by atoms with van der Waals surface area (Å²) in [6.45, 7) is 5.20. The molecule has 0 aromatic heterocycles. The molecule has 2 aliphatic heterocycles. The third kappa shape index (κ3) is 3.51. The van der Waals surface area contributed by atoms with Gasteiger partial charge in [-0.05, 0) is 50.0 Å². The van der Waals surface area contributed by atoms with E-state index in [2.05, 4.69) is 10.6 Å². The van der Waals surface area contributed by atoms with Gasteiger partial charge in [-0.2, -0.15) is 0 Å². The Bertz CT molecular complexity index is 610. The molecule has 5 nitrogen and oxygen atoms in total. The number of nitrogens with zero attached hydrogens (tertiary/aromatic N) is 1. The van der Waals surface area contributed by atoms with Crippen LogP contribution in [-0.4, -0.2) is 42.9 Å². The van der Waals surface area contributed by atoms with Gasteiger partial charge in [0.1, 0.15) is 0 Å². The van der Waals surface area contributed by atoms with E-state index in [1.165, 1.54) is 0 Å². The van der Waals surface area contributed by atoms with Gasteiger partial charge in [0.05, 0.1) is 11.3 Å². The Hall–Kier alpha value is -1.59. The van der Waals surface area contributed by atoms with Crippen molar-refractivity contribution < 1.29 is 9.59 Å². The summed E-state index contributed by atoms with van der Waals surface area (Å²) in [6.07, 6.45) is 2.05. The SMILES string of the molecule is CC(C(=O)Nc1ccc(Cl)cc1C(=O)N1CCCC1)C1CNC1. The van der Waals surface area contributed by atoms with E-state index in [9.17, 15) is 9.59 Å². The van der Waals surface area contributed by atoms with Crippen LogP contribution in [0.15, 0.2) is 18.2 Å². The molecule has 0 saturated carbocycles. The van der Waals surface area contributed by atoms with Crippen LogP contribution in [0.5, 0.6) is 0 Å². The summed E-state index contributed by atoms with van der Waals surface area (Å²) in [4.78, 5) is 26.9. The van der Waals surface area contributed by atoms with Crippen LogP contribution in [0.1, 0.15) is 30.1 Å². The Morgan fingerprint density at radius 2 is 2.00 bits per heavy atom. The maximum absolute atomic E-state index is 12.7. The number of hydrogen-bond acceptors (Lipinski definition) is 3. The summed E-state index contributed by atoms with van der Waals surface area (Å²) >= 11 is 6.06. The topological polar surface area (TPSA) is 61.4 Å². The number of benzene rings is 1. The van der Waals surface area contributed by atoms with Crippen LogP contribution in [-0.2, 0) is 4.79 Å². The van der Waals surface area contributed by atoms with E-state index < -0.39 is 0 Å². The number of nitrogens with one attached hydrogen (secondary N) is 2. The van der Waals surface area contributed by atoms with Gasteiger partial charge in [-0.15, -0.1) is 0 Å². The second kappa shape index (κ2) is 6.89. The zero-order chi connectivity index (χ0) is 16.4. The first-order chi connectivity index (χ1) is 11.1. The molecule has 2 N–H and O–H groups in total. The maximum Gasteiger partial charge on any atom is 0.256 e. The van der Waals surface area contributed by atoms with Crippen molar-refractivity contribution in [3.63, 3.8) is 0 Å². The first-order valence-corrected chi connectivity index (χ1v) is 8.54. The maximum atomic E-state index is 12.7. The standard InChI is InChI=1S/C17H22ClN3O2/c1-11(12-9-19-10-12)16(22)20-15-5-4-13(18)8-14(15)17(23)21-6-2-3-7-21/h4-5,8,11-12,19H,2-3,6-7,9-10H2,1H3,(H,20,22). The minimum atomic E-state index is -0.0818. The molecule has 1 aromatic rings. The Morgan fingerprint density at radius 1 is 1.30 bits per heavy atom. The van der Waals surface area contributed by atoms with E-state index in [0.717, 1.165) is 39.0 Å². The van der Waals surface area contributed by atoms with Gasteiger partial charge < -0.3 is 15.5 Å². The van der Waals surface area contributed by atoms with Crippen molar-refractivity contribution in [1.29, 1.82) is 0 Å². The van der Waals surface area contributed by atoms with Crippen molar-refractivity contribution in [3.05, 3.63) is 28.8 Å². The molecule has 1 unspecified atom stereocenters. The Kier molecular flexibility index (Phi) is 4.87. The summed E-state index contributed by atoms with van der Waals surface area (Å²) in [6, 6.07) is 5.07. The van der Waals surface area contributed by atoms with Crippen LogP contribution < -0.4 is 10.6 Å². The molecule has 23 heavy (non-hydrogen) atoms. The van der Waals surface area contributed by atoms with Crippen molar-refractivity contribution in [1.82, 2.24) is 10.2 Å². The average Bonchev–Trinajstić information content (AvgIpc) is 3.00. The first-order valence-electron chi connectivity index (χ1n) is 8.16. The summed E-state index contributed by atoms with van der Waals surface area (Å²) in [5.41, 5.74) is 1.03. The molecule has 1 atom stereocenters. The first kappa shape index (κ1) is 16.3. The third-order valence-electron chi connectivity index (χ3n) is 4.80. The molecule has 0 spiro atoms. The largest absolute Gasteiger partial charge is 0.339 e. The van der Waals surface area contributed by atoms with E-state index in [-0.39, 0.29) is 17.7 Å². The second-order valence-electron chi connectivity index (χ2n) is 6.39. The van der Waals surface area contributed by atoms with Crippen LogP contribution in [0.4, 0.5) is 5.69 Å². The normalized spacial score (nSPS) is 19.3. The molecule has 2 fully saturated rings. The van der Waals surface area contributed by atoms with Crippen molar-refractivity contribution in [2.75, 3.05) is 31.5 Å². The molecular formula is C17H22ClN3O2. The highest BCUT2D eigenvalue weighted by molar-refractivity contribution is 6.31. The van der Waals surface area contributed by atoms with Crippen molar-refractivity contribution >= 4 is 29.1 Å². The number of likely N-dealkylation sites (tertiary alicyclic amines) is 1. The number of amides is 2. The molecule has 124 valence electrons. The van der Waals surface area contributed by atoms with Gasteiger partial charge >= 0.3 is 0 Å². The molecule has 2 amide bonds. The van der Waals surface area contributed by atoms with E-state index in [1.54, 1.807) is 18.2 Å². The quantitative estimate of drug-likeness (QED) is 0.888. The van der Waals surface area contributed by atoms with E-state index >= 15 is 0 Å². The van der Waals surface area contributed by atoms with Crippen LogP contribution >= 0.6 is 11.6 Å². The lowest BCUT2D eigenvalue weighted by Gasteiger charge is -2.31. The number of rotatable bonds is 4. The minimum absolute atomic E-state index is 0.0469. The van der Waals surface area contributed by atoms with E-state index in [4.69, 9.17) is 11.6 Å². The fourth-order valence-electron chi connectivity index (χ4n) is 3.02. The van der Waals surface area contributed by atoms with Crippen LogP contribution in [0.25, 0.3) is 0 Å². The number of carbonyl (C=O) groups is 2. The van der Waals surface area contributed by atoms with Gasteiger partial charge in [0.15, 0.2) is 0 Å². The van der Waals surface area contributed by atoms with E-state index in [0.29, 0.717) is 22.2 Å². The molecule has 0 radical (unpaired) electrons. The molecule has 1 aromatic carbocycles. The smallest absolute Gasteiger partial charge is 0.256 e. The summed E-state index contributed by atoms with van der Waals surface area (Å²) in [7, 11) is 0. The lowest BCUT2D eigenvalue weighted by Crippen LogP contribution is -2.48. The highest BCUT2D eigenvalue weighted by atomic mass is 35.5. The van der Waals surface area contributed by atoms with Gasteiger partial charge in [-0.3, -0.25) is 9.59 Å². The monoisotopic (exact) mass is 335 g/mol. The highest BCUT2D eigenvalue weighted by Gasteiger charge is 2.30. The Balaban J connectivity index is 1.78. The van der Waals surface area contributed by atoms with Crippen LogP contribution in [0, 0.1) is 11.8 Å². The lowest BCUT2D eigenvalue weighted by molar-refractivity contribution is -0.121. The third-order valence-corrected chi connectivity index (χ3v) is 5.03. The van der Waals surface area contributed by atoms with Crippen molar-refractivity contribution in [2.45, 2.75) is 19.8 Å². The predicted molar refractivity (Wildman–Crippen MR) is 90.7 cm³/mol. The van der Waals surface area contributed by atoms with Crippen molar-refractivity contribution in [2.24, 2.45) is 11.8 Å². The number of hydrogen-bond donors (Lipinski definition) is 2. The number of anilines is 1. The molecule has 2 aliphatic rings. The van der Waals surface area contributed by atoms with E-state index in [1.807, 2.05) is 11.8 Å². The van der Waals surface area contributed by atoms with Gasteiger partial charge in [-0.25, -0.2) is 0 Å². The molecule has 2 heterocycles. The van der Waals surface area contributed by atoms with Crippen molar-refractivity contribution in [3.8, 4) is 0 Å². The fraction of sp³-hybridized carbons (Fsp3) is 0.529. The molecule has 2 saturated heterocycles. The fourth-order valence-corrected chi connectivity index (χ4v) is 3.19. The highest BCUT2D eigenvalue weighted by Crippen LogP contribution is 2.25. The molecule has 0 bridgehead atoms. The van der Waals surface area contributed by atoms with Gasteiger partial charge in [-0.1, -0.05) is 18.5 Å². The molecule has 0 aliphatic carbocycles.